The molecular weight excluding hydrogens is 206 g/mol. The van der Waals surface area contributed by atoms with Crippen molar-refractivity contribution < 1.29 is 4.79 Å². The molecule has 0 aliphatic heterocycles. The van der Waals surface area contributed by atoms with Gasteiger partial charge in [0, 0.05) is 5.69 Å². The Labute approximate surface area is 95.5 Å². The summed E-state index contributed by atoms with van der Waals surface area (Å²) in [5.41, 5.74) is 3.68. The van der Waals surface area contributed by atoms with Gasteiger partial charge in [-0.3, -0.25) is 4.79 Å². The van der Waals surface area contributed by atoms with Gasteiger partial charge in [-0.1, -0.05) is 12.1 Å². The number of benzene rings is 1. The number of aryl methyl sites for hydroxylation is 1. The molecule has 0 radical (unpaired) electrons. The first-order valence-corrected chi connectivity index (χ1v) is 5.96. The van der Waals surface area contributed by atoms with Crippen molar-refractivity contribution in [1.29, 1.82) is 0 Å². The van der Waals surface area contributed by atoms with E-state index < -0.39 is 0 Å². The molecule has 2 nitrogen and oxygen atoms in total. The smallest absolute Gasteiger partial charge is 0.234 e. The van der Waals surface area contributed by atoms with Gasteiger partial charge in [0.05, 0.1) is 5.75 Å². The molecule has 3 heteroatoms. The zero-order chi connectivity index (χ0) is 10.7. The summed E-state index contributed by atoms with van der Waals surface area (Å²) in [7, 11) is 0. The van der Waals surface area contributed by atoms with E-state index in [0.29, 0.717) is 0 Å². The van der Waals surface area contributed by atoms with Crippen molar-refractivity contribution in [2.75, 3.05) is 11.1 Å². The summed E-state index contributed by atoms with van der Waals surface area (Å²) in [6.07, 6.45) is 4.70. The number of thiol groups is 1. The minimum absolute atomic E-state index is 0.0303. The Morgan fingerprint density at radius 1 is 1.33 bits per heavy atom. The van der Waals surface area contributed by atoms with Crippen LogP contribution in [0.1, 0.15) is 24.0 Å². The largest absolute Gasteiger partial charge is 0.325 e. The van der Waals surface area contributed by atoms with Crippen LogP contribution in [0.5, 0.6) is 0 Å². The molecule has 80 valence electrons. The van der Waals surface area contributed by atoms with E-state index in [1.165, 1.54) is 24.0 Å². The topological polar surface area (TPSA) is 29.1 Å². The lowest BCUT2D eigenvalue weighted by molar-refractivity contribution is -0.113. The molecule has 1 aromatic carbocycles. The average molecular weight is 221 g/mol. The molecule has 1 aromatic rings. The first kappa shape index (κ1) is 10.6. The molecule has 1 aliphatic rings. The quantitative estimate of drug-likeness (QED) is 0.738. The first-order valence-electron chi connectivity index (χ1n) is 5.33. The van der Waals surface area contributed by atoms with Gasteiger partial charge in [0.2, 0.25) is 5.91 Å². The van der Waals surface area contributed by atoms with E-state index in [1.807, 2.05) is 12.1 Å². The monoisotopic (exact) mass is 221 g/mol. The fraction of sp³-hybridized carbons (Fsp3) is 0.417. The second kappa shape index (κ2) is 4.71. The lowest BCUT2D eigenvalue weighted by atomic mass is 9.90. The zero-order valence-electron chi connectivity index (χ0n) is 8.62. The molecule has 0 spiro atoms. The summed E-state index contributed by atoms with van der Waals surface area (Å²) < 4.78 is 0. The van der Waals surface area contributed by atoms with Crippen LogP contribution in [0.2, 0.25) is 0 Å². The Morgan fingerprint density at radius 2 is 2.13 bits per heavy atom. The van der Waals surface area contributed by atoms with Crippen LogP contribution in [0.3, 0.4) is 0 Å². The van der Waals surface area contributed by atoms with Crippen molar-refractivity contribution >= 4 is 24.2 Å². The number of fused-ring (bicyclic) bond motifs is 1. The molecule has 0 fully saturated rings. The third kappa shape index (κ3) is 2.34. The molecule has 0 aromatic heterocycles. The number of hydrogen-bond donors (Lipinski definition) is 2. The van der Waals surface area contributed by atoms with E-state index in [1.54, 1.807) is 0 Å². The highest BCUT2D eigenvalue weighted by molar-refractivity contribution is 7.81. The van der Waals surface area contributed by atoms with Gasteiger partial charge in [-0.25, -0.2) is 0 Å². The van der Waals surface area contributed by atoms with Crippen LogP contribution in [-0.2, 0) is 17.6 Å². The molecule has 2 rings (SSSR count). The third-order valence-corrected chi connectivity index (χ3v) is 3.10. The average Bonchev–Trinajstić information content (AvgIpc) is 2.29. The van der Waals surface area contributed by atoms with Gasteiger partial charge >= 0.3 is 0 Å². The number of amides is 1. The summed E-state index contributed by atoms with van der Waals surface area (Å²) in [5.74, 6) is 0.209. The third-order valence-electron chi connectivity index (χ3n) is 2.81. The fourth-order valence-corrected chi connectivity index (χ4v) is 2.17. The molecule has 0 bridgehead atoms. The minimum atomic E-state index is -0.0303. The Morgan fingerprint density at radius 3 is 2.93 bits per heavy atom. The van der Waals surface area contributed by atoms with E-state index in [0.717, 1.165) is 18.5 Å². The molecule has 0 saturated carbocycles. The summed E-state index contributed by atoms with van der Waals surface area (Å²) in [5, 5.41) is 2.90. The van der Waals surface area contributed by atoms with Crippen LogP contribution in [0.25, 0.3) is 0 Å². The standard InChI is InChI=1S/C12H15NOS/c14-12(8-15)13-11-7-3-5-9-4-1-2-6-10(9)11/h3,5,7,15H,1-2,4,6,8H2,(H,13,14). The van der Waals surface area contributed by atoms with Crippen LogP contribution in [0.4, 0.5) is 5.69 Å². The van der Waals surface area contributed by atoms with Crippen LogP contribution in [0, 0.1) is 0 Å². The molecule has 0 saturated heterocycles. The summed E-state index contributed by atoms with van der Waals surface area (Å²) >= 11 is 3.96. The van der Waals surface area contributed by atoms with Crippen molar-refractivity contribution in [1.82, 2.24) is 0 Å². The Bertz CT molecular complexity index is 376. The number of nitrogens with one attached hydrogen (secondary N) is 1. The Kier molecular flexibility index (Phi) is 3.31. The molecule has 15 heavy (non-hydrogen) atoms. The molecule has 0 heterocycles. The molecule has 1 N–H and O–H groups in total. The van der Waals surface area contributed by atoms with Crippen LogP contribution < -0.4 is 5.32 Å². The fourth-order valence-electron chi connectivity index (χ4n) is 2.09. The second-order valence-electron chi connectivity index (χ2n) is 3.86. The van der Waals surface area contributed by atoms with E-state index in [2.05, 4.69) is 24.0 Å². The SMILES string of the molecule is O=C(CS)Nc1cccc2c1CCCC2. The highest BCUT2D eigenvalue weighted by Gasteiger charge is 2.13. The normalized spacial score (nSPS) is 14.5. The molecular formula is C12H15NOS. The summed E-state index contributed by atoms with van der Waals surface area (Å²) in [6.45, 7) is 0. The van der Waals surface area contributed by atoms with Gasteiger partial charge in [-0.05, 0) is 42.9 Å². The van der Waals surface area contributed by atoms with Crippen molar-refractivity contribution in [3.05, 3.63) is 29.3 Å². The maximum absolute atomic E-state index is 11.3. The van der Waals surface area contributed by atoms with Crippen molar-refractivity contribution in [3.8, 4) is 0 Å². The first-order chi connectivity index (χ1) is 7.31. The van der Waals surface area contributed by atoms with Crippen LogP contribution in [-0.4, -0.2) is 11.7 Å². The van der Waals surface area contributed by atoms with Gasteiger partial charge < -0.3 is 5.32 Å². The number of hydrogen-bond acceptors (Lipinski definition) is 2. The highest BCUT2D eigenvalue weighted by atomic mass is 32.1. The Hall–Kier alpha value is -0.960. The lowest BCUT2D eigenvalue weighted by Crippen LogP contribution is -2.16. The van der Waals surface area contributed by atoms with Gasteiger partial charge in [-0.15, -0.1) is 0 Å². The second-order valence-corrected chi connectivity index (χ2v) is 4.17. The number of rotatable bonds is 2. The summed E-state index contributed by atoms with van der Waals surface area (Å²) in [6, 6.07) is 6.15. The van der Waals surface area contributed by atoms with Crippen molar-refractivity contribution in [2.24, 2.45) is 0 Å². The van der Waals surface area contributed by atoms with E-state index >= 15 is 0 Å². The molecule has 0 atom stereocenters. The molecule has 1 amide bonds. The van der Waals surface area contributed by atoms with E-state index in [4.69, 9.17) is 0 Å². The number of carbonyl (C=O) groups is 1. The van der Waals surface area contributed by atoms with Crippen LogP contribution in [0.15, 0.2) is 18.2 Å². The lowest BCUT2D eigenvalue weighted by Gasteiger charge is -2.19. The van der Waals surface area contributed by atoms with Crippen molar-refractivity contribution in [2.45, 2.75) is 25.7 Å². The minimum Gasteiger partial charge on any atom is -0.325 e. The maximum Gasteiger partial charge on any atom is 0.234 e. The zero-order valence-corrected chi connectivity index (χ0v) is 9.52. The maximum atomic E-state index is 11.3. The van der Waals surface area contributed by atoms with Gasteiger partial charge in [0.1, 0.15) is 0 Å². The van der Waals surface area contributed by atoms with Gasteiger partial charge in [0.25, 0.3) is 0 Å². The predicted octanol–water partition coefficient (Wildman–Crippen LogP) is 2.43. The Balaban J connectivity index is 2.27. The van der Waals surface area contributed by atoms with Crippen LogP contribution >= 0.6 is 12.6 Å². The number of carbonyl (C=O) groups excluding carboxylic acids is 1. The molecule has 1 aliphatic carbocycles. The van der Waals surface area contributed by atoms with E-state index in [9.17, 15) is 4.79 Å². The summed E-state index contributed by atoms with van der Waals surface area (Å²) in [4.78, 5) is 11.3. The molecule has 0 unspecified atom stereocenters. The predicted molar refractivity (Wildman–Crippen MR) is 65.6 cm³/mol. The van der Waals surface area contributed by atoms with Crippen molar-refractivity contribution in [3.63, 3.8) is 0 Å². The number of anilines is 1. The van der Waals surface area contributed by atoms with E-state index in [-0.39, 0.29) is 11.7 Å². The highest BCUT2D eigenvalue weighted by Crippen LogP contribution is 2.27. The van der Waals surface area contributed by atoms with Gasteiger partial charge in [0.15, 0.2) is 0 Å². The van der Waals surface area contributed by atoms with Gasteiger partial charge in [-0.2, -0.15) is 12.6 Å².